The maximum Gasteiger partial charge on any atom is 0.472 e. The molecule has 1 aliphatic carbocycles. The van der Waals surface area contributed by atoms with Crippen LogP contribution in [0.15, 0.2) is 12.7 Å². The van der Waals surface area contributed by atoms with E-state index in [0.717, 1.165) is 0 Å². The summed E-state index contributed by atoms with van der Waals surface area (Å²) in [6.45, 7) is 1.66. The van der Waals surface area contributed by atoms with E-state index in [1.807, 2.05) is 4.57 Å². The predicted octanol–water partition coefficient (Wildman–Crippen LogP) is 0.732. The molecule has 3 rings (SSSR count). The van der Waals surface area contributed by atoms with E-state index in [4.69, 9.17) is 10.3 Å². The monoisotopic (exact) mass is 357 g/mol. The van der Waals surface area contributed by atoms with E-state index in [-0.39, 0.29) is 37.7 Å². The molecule has 0 radical (unpaired) electrons. The van der Waals surface area contributed by atoms with E-state index in [2.05, 4.69) is 19.5 Å². The van der Waals surface area contributed by atoms with Crippen LogP contribution in [-0.2, 0) is 13.6 Å². The van der Waals surface area contributed by atoms with Gasteiger partial charge < -0.3 is 20.3 Å². The summed E-state index contributed by atoms with van der Waals surface area (Å²) >= 11 is 0. The molecule has 0 spiro atoms. The van der Waals surface area contributed by atoms with Crippen molar-refractivity contribution in [2.45, 2.75) is 19.4 Å². The SMILES string of the molecule is CCOP(=O)(O)OCC1CC(n2cnc3c(N)ncnc32)C1CO. The quantitative estimate of drug-likeness (QED) is 0.610. The molecule has 0 bridgehead atoms. The zero-order valence-corrected chi connectivity index (χ0v) is 14.0. The standard InChI is InChI=1S/C13H20N5O5P/c1-2-22-24(20,21)23-5-8-3-10(9(8)4-19)18-7-17-11-12(14)15-6-16-13(11)18/h6-10,19H,2-5H2,1H3,(H,20,21)(H2,14,15,16). The molecule has 10 nitrogen and oxygen atoms in total. The number of aliphatic hydroxyl groups is 1. The number of nitrogens with two attached hydrogens (primary N) is 1. The minimum atomic E-state index is -4.03. The largest absolute Gasteiger partial charge is 0.472 e. The van der Waals surface area contributed by atoms with Gasteiger partial charge in [0.25, 0.3) is 0 Å². The van der Waals surface area contributed by atoms with Crippen LogP contribution in [0, 0.1) is 11.8 Å². The smallest absolute Gasteiger partial charge is 0.396 e. The molecular weight excluding hydrogens is 337 g/mol. The summed E-state index contributed by atoms with van der Waals surface area (Å²) in [6, 6.07) is -0.0342. The molecule has 0 amide bonds. The van der Waals surface area contributed by atoms with Crippen LogP contribution >= 0.6 is 7.82 Å². The molecule has 4 atom stereocenters. The number of anilines is 1. The number of nitrogen functional groups attached to an aromatic ring is 1. The second kappa shape index (κ2) is 6.73. The summed E-state index contributed by atoms with van der Waals surface area (Å²) in [7, 11) is -4.03. The van der Waals surface area contributed by atoms with Crippen molar-refractivity contribution >= 4 is 24.8 Å². The summed E-state index contributed by atoms with van der Waals surface area (Å²) in [5, 5.41) is 9.68. The van der Waals surface area contributed by atoms with Crippen LogP contribution in [0.4, 0.5) is 5.82 Å². The zero-order valence-electron chi connectivity index (χ0n) is 13.1. The minimum Gasteiger partial charge on any atom is -0.396 e. The maximum absolute atomic E-state index is 11.6. The fourth-order valence-corrected chi connectivity index (χ4v) is 3.84. The van der Waals surface area contributed by atoms with Gasteiger partial charge in [-0.05, 0) is 19.3 Å². The van der Waals surface area contributed by atoms with Crippen LogP contribution in [0.5, 0.6) is 0 Å². The molecule has 2 aromatic rings. The van der Waals surface area contributed by atoms with Crippen molar-refractivity contribution in [2.75, 3.05) is 25.6 Å². The number of aromatic nitrogens is 4. The van der Waals surface area contributed by atoms with Crippen LogP contribution < -0.4 is 5.73 Å². The van der Waals surface area contributed by atoms with Gasteiger partial charge in [0.2, 0.25) is 0 Å². The molecule has 2 aromatic heterocycles. The van der Waals surface area contributed by atoms with Crippen molar-refractivity contribution in [1.82, 2.24) is 19.5 Å². The Bertz CT molecular complexity index is 768. The van der Waals surface area contributed by atoms with Gasteiger partial charge in [-0.25, -0.2) is 19.5 Å². The molecule has 0 aromatic carbocycles. The Hall–Kier alpha value is -1.58. The number of rotatable bonds is 7. The van der Waals surface area contributed by atoms with Crippen LogP contribution in [0.1, 0.15) is 19.4 Å². The van der Waals surface area contributed by atoms with Gasteiger partial charge in [-0.15, -0.1) is 0 Å². The lowest BCUT2D eigenvalue weighted by molar-refractivity contribution is -0.00774. The van der Waals surface area contributed by atoms with Gasteiger partial charge in [-0.1, -0.05) is 0 Å². The summed E-state index contributed by atoms with van der Waals surface area (Å²) in [4.78, 5) is 21.8. The highest BCUT2D eigenvalue weighted by atomic mass is 31.2. The summed E-state index contributed by atoms with van der Waals surface area (Å²) in [5.74, 6) is 0.106. The van der Waals surface area contributed by atoms with Crippen molar-refractivity contribution < 1.29 is 23.6 Å². The van der Waals surface area contributed by atoms with Crippen LogP contribution in [0.25, 0.3) is 11.2 Å². The van der Waals surface area contributed by atoms with E-state index < -0.39 is 7.82 Å². The number of aliphatic hydroxyl groups excluding tert-OH is 1. The first-order chi connectivity index (χ1) is 11.5. The van der Waals surface area contributed by atoms with Gasteiger partial charge in [0, 0.05) is 18.6 Å². The average Bonchev–Trinajstić information content (AvgIpc) is 2.92. The number of phosphoric ester groups is 1. The lowest BCUT2D eigenvalue weighted by atomic mass is 9.70. The van der Waals surface area contributed by atoms with Crippen LogP contribution in [-0.4, -0.2) is 49.3 Å². The Morgan fingerprint density at radius 1 is 1.42 bits per heavy atom. The molecule has 132 valence electrons. The van der Waals surface area contributed by atoms with E-state index >= 15 is 0 Å². The molecule has 1 saturated carbocycles. The average molecular weight is 357 g/mol. The molecule has 0 aliphatic heterocycles. The molecule has 1 fully saturated rings. The first-order valence-corrected chi connectivity index (χ1v) is 9.12. The van der Waals surface area contributed by atoms with Crippen molar-refractivity contribution in [1.29, 1.82) is 0 Å². The van der Waals surface area contributed by atoms with E-state index in [9.17, 15) is 14.6 Å². The summed E-state index contributed by atoms with van der Waals surface area (Å²) < 4.78 is 23.1. The second-order valence-electron chi connectivity index (χ2n) is 5.67. The van der Waals surface area contributed by atoms with E-state index in [1.54, 1.807) is 13.3 Å². The van der Waals surface area contributed by atoms with Gasteiger partial charge in [-0.3, -0.25) is 9.05 Å². The Kier molecular flexibility index (Phi) is 4.84. The number of hydrogen-bond donors (Lipinski definition) is 3. The molecule has 4 N–H and O–H groups in total. The number of phosphoric acid groups is 1. The molecule has 1 aliphatic rings. The van der Waals surface area contributed by atoms with Gasteiger partial charge in [0.05, 0.1) is 19.5 Å². The van der Waals surface area contributed by atoms with Gasteiger partial charge in [0.1, 0.15) is 11.8 Å². The highest BCUT2D eigenvalue weighted by Gasteiger charge is 2.43. The highest BCUT2D eigenvalue weighted by Crippen LogP contribution is 2.49. The second-order valence-corrected chi connectivity index (χ2v) is 7.13. The molecule has 0 saturated heterocycles. The Labute approximate surface area is 138 Å². The molecule has 4 unspecified atom stereocenters. The molecule has 11 heteroatoms. The number of nitrogens with zero attached hydrogens (tertiary/aromatic N) is 4. The number of fused-ring (bicyclic) bond motifs is 1. The molecule has 2 heterocycles. The lowest BCUT2D eigenvalue weighted by Crippen LogP contribution is -2.42. The zero-order chi connectivity index (χ0) is 17.3. The first kappa shape index (κ1) is 17.2. The third-order valence-corrected chi connectivity index (χ3v) is 5.40. The summed E-state index contributed by atoms with van der Waals surface area (Å²) in [5.41, 5.74) is 6.90. The topological polar surface area (TPSA) is 146 Å². The Morgan fingerprint density at radius 2 is 2.21 bits per heavy atom. The highest BCUT2D eigenvalue weighted by molar-refractivity contribution is 7.47. The van der Waals surface area contributed by atoms with Crippen molar-refractivity contribution in [3.8, 4) is 0 Å². The number of hydrogen-bond acceptors (Lipinski definition) is 8. The fraction of sp³-hybridized carbons (Fsp3) is 0.615. The van der Waals surface area contributed by atoms with Crippen molar-refractivity contribution in [2.24, 2.45) is 11.8 Å². The third-order valence-electron chi connectivity index (χ3n) is 4.34. The first-order valence-electron chi connectivity index (χ1n) is 7.62. The molecular formula is C13H20N5O5P. The predicted molar refractivity (Wildman–Crippen MR) is 84.9 cm³/mol. The third kappa shape index (κ3) is 3.15. The van der Waals surface area contributed by atoms with Gasteiger partial charge in [0.15, 0.2) is 11.5 Å². The number of imidazole rings is 1. The van der Waals surface area contributed by atoms with E-state index in [0.29, 0.717) is 23.4 Å². The Balaban J connectivity index is 1.71. The Morgan fingerprint density at radius 3 is 2.92 bits per heavy atom. The van der Waals surface area contributed by atoms with Crippen molar-refractivity contribution in [3.63, 3.8) is 0 Å². The van der Waals surface area contributed by atoms with Crippen molar-refractivity contribution in [3.05, 3.63) is 12.7 Å². The van der Waals surface area contributed by atoms with Crippen LogP contribution in [0.3, 0.4) is 0 Å². The van der Waals surface area contributed by atoms with Gasteiger partial charge >= 0.3 is 7.82 Å². The van der Waals surface area contributed by atoms with Crippen LogP contribution in [0.2, 0.25) is 0 Å². The van der Waals surface area contributed by atoms with Gasteiger partial charge in [-0.2, -0.15) is 0 Å². The maximum atomic E-state index is 11.6. The minimum absolute atomic E-state index is 0.0342. The molecule has 24 heavy (non-hydrogen) atoms. The summed E-state index contributed by atoms with van der Waals surface area (Å²) in [6.07, 6.45) is 3.65. The fourth-order valence-electron chi connectivity index (χ4n) is 3.06. The lowest BCUT2D eigenvalue weighted by Gasteiger charge is -2.44. The van der Waals surface area contributed by atoms with E-state index in [1.165, 1.54) is 6.33 Å². The normalized spacial score (nSPS) is 26.2.